The third-order valence-electron chi connectivity index (χ3n) is 6.16. The molecule has 6 heteroatoms. The van der Waals surface area contributed by atoms with E-state index in [1.54, 1.807) is 12.3 Å². The molecule has 3 heterocycles. The molecular weight excluding hydrogens is 366 g/mol. The van der Waals surface area contributed by atoms with E-state index in [4.69, 9.17) is 4.42 Å². The zero-order valence-electron chi connectivity index (χ0n) is 17.2. The van der Waals surface area contributed by atoms with Crippen LogP contribution in [0, 0.1) is 12.8 Å². The van der Waals surface area contributed by atoms with Crippen LogP contribution < -0.4 is 10.2 Å². The molecule has 4 rings (SSSR count). The lowest BCUT2D eigenvalue weighted by atomic mass is 9.96. The Morgan fingerprint density at radius 1 is 1.17 bits per heavy atom. The molecule has 1 aromatic heterocycles. The second-order valence-corrected chi connectivity index (χ2v) is 8.31. The first-order chi connectivity index (χ1) is 14.0. The van der Waals surface area contributed by atoms with Crippen molar-refractivity contribution in [2.45, 2.75) is 39.2 Å². The number of hydrogen-bond acceptors (Lipinski definition) is 4. The summed E-state index contributed by atoms with van der Waals surface area (Å²) in [5.41, 5.74) is 3.18. The van der Waals surface area contributed by atoms with Gasteiger partial charge in [-0.25, -0.2) is 0 Å². The van der Waals surface area contributed by atoms with Crippen LogP contribution in [-0.4, -0.2) is 48.9 Å². The van der Waals surface area contributed by atoms with Crippen LogP contribution >= 0.6 is 0 Å². The van der Waals surface area contributed by atoms with Gasteiger partial charge < -0.3 is 14.6 Å². The molecule has 1 unspecified atom stereocenters. The van der Waals surface area contributed by atoms with Crippen LogP contribution in [0.3, 0.4) is 0 Å². The lowest BCUT2D eigenvalue weighted by Crippen LogP contribution is -2.46. The zero-order chi connectivity index (χ0) is 20.4. The first kappa shape index (κ1) is 19.7. The highest BCUT2D eigenvalue weighted by Crippen LogP contribution is 2.32. The molecule has 0 saturated carbocycles. The standard InChI is InChI=1S/C23H29N3O3/c1-16-9-12-29-22(16)23(28)24-14-18-7-10-25(11-8-18)15-21(27)26-17(2)13-19-5-3-4-6-20(19)26/h3-6,9,12,17-18H,7-8,10-11,13-15H2,1-2H3,(H,24,28). The summed E-state index contributed by atoms with van der Waals surface area (Å²) < 4.78 is 5.25. The van der Waals surface area contributed by atoms with Crippen molar-refractivity contribution in [3.05, 3.63) is 53.5 Å². The molecule has 6 nitrogen and oxygen atoms in total. The number of aryl methyl sites for hydroxylation is 1. The Bertz CT molecular complexity index is 883. The molecule has 154 valence electrons. The first-order valence-electron chi connectivity index (χ1n) is 10.5. The van der Waals surface area contributed by atoms with E-state index < -0.39 is 0 Å². The number of benzene rings is 1. The van der Waals surface area contributed by atoms with Gasteiger partial charge >= 0.3 is 0 Å². The van der Waals surface area contributed by atoms with Crippen molar-refractivity contribution in [3.8, 4) is 0 Å². The predicted octanol–water partition coefficient (Wildman–Crippen LogP) is 3.01. The van der Waals surface area contributed by atoms with Crippen molar-refractivity contribution in [1.29, 1.82) is 0 Å². The number of carbonyl (C=O) groups is 2. The van der Waals surface area contributed by atoms with Crippen molar-refractivity contribution in [2.24, 2.45) is 5.92 Å². The van der Waals surface area contributed by atoms with Gasteiger partial charge in [0.25, 0.3) is 5.91 Å². The van der Waals surface area contributed by atoms with Gasteiger partial charge in [-0.3, -0.25) is 14.5 Å². The van der Waals surface area contributed by atoms with Gasteiger partial charge in [0.1, 0.15) is 0 Å². The third kappa shape index (κ3) is 4.22. The molecule has 1 atom stereocenters. The molecule has 1 fully saturated rings. The second kappa shape index (κ2) is 8.41. The van der Waals surface area contributed by atoms with E-state index in [2.05, 4.69) is 23.2 Å². The normalized spacial score (nSPS) is 19.9. The van der Waals surface area contributed by atoms with Gasteiger partial charge in [-0.15, -0.1) is 0 Å². The summed E-state index contributed by atoms with van der Waals surface area (Å²) in [7, 11) is 0. The van der Waals surface area contributed by atoms with Crippen LogP contribution in [0.2, 0.25) is 0 Å². The quantitative estimate of drug-likeness (QED) is 0.845. The Hall–Kier alpha value is -2.60. The Morgan fingerprint density at radius 3 is 2.66 bits per heavy atom. The van der Waals surface area contributed by atoms with E-state index in [-0.39, 0.29) is 17.9 Å². The average Bonchev–Trinajstić information content (AvgIpc) is 3.29. The summed E-state index contributed by atoms with van der Waals surface area (Å²) in [6, 6.07) is 10.2. The van der Waals surface area contributed by atoms with Gasteiger partial charge in [-0.05, 0) is 69.8 Å². The van der Waals surface area contributed by atoms with Gasteiger partial charge in [0.15, 0.2) is 5.76 Å². The van der Waals surface area contributed by atoms with Crippen LogP contribution in [0.4, 0.5) is 5.69 Å². The molecule has 2 amide bonds. The highest BCUT2D eigenvalue weighted by atomic mass is 16.3. The summed E-state index contributed by atoms with van der Waals surface area (Å²) in [6.07, 6.45) is 4.44. The van der Waals surface area contributed by atoms with Crippen LogP contribution in [0.25, 0.3) is 0 Å². The number of fused-ring (bicyclic) bond motifs is 1. The number of piperidine rings is 1. The molecule has 1 saturated heterocycles. The van der Waals surface area contributed by atoms with E-state index in [9.17, 15) is 9.59 Å². The number of para-hydroxylation sites is 1. The number of rotatable bonds is 5. The van der Waals surface area contributed by atoms with E-state index in [1.165, 1.54) is 5.56 Å². The van der Waals surface area contributed by atoms with E-state index in [0.29, 0.717) is 24.8 Å². The SMILES string of the molecule is Cc1ccoc1C(=O)NCC1CCN(CC(=O)N2c3ccccc3CC2C)CC1. The van der Waals surface area contributed by atoms with Crippen LogP contribution in [-0.2, 0) is 11.2 Å². The molecular formula is C23H29N3O3. The van der Waals surface area contributed by atoms with Crippen LogP contribution in [0.1, 0.15) is 41.4 Å². The smallest absolute Gasteiger partial charge is 0.287 e. The number of nitrogens with one attached hydrogen (secondary N) is 1. The van der Waals surface area contributed by atoms with Crippen molar-refractivity contribution < 1.29 is 14.0 Å². The second-order valence-electron chi connectivity index (χ2n) is 8.31. The molecule has 2 aliphatic rings. The third-order valence-corrected chi connectivity index (χ3v) is 6.16. The summed E-state index contributed by atoms with van der Waals surface area (Å²) in [5, 5.41) is 2.99. The van der Waals surface area contributed by atoms with Crippen LogP contribution in [0.15, 0.2) is 41.0 Å². The summed E-state index contributed by atoms with van der Waals surface area (Å²) in [6.45, 7) is 6.87. The lowest BCUT2D eigenvalue weighted by molar-refractivity contribution is -0.120. The fourth-order valence-electron chi connectivity index (χ4n) is 4.48. The Morgan fingerprint density at radius 2 is 1.93 bits per heavy atom. The fraction of sp³-hybridized carbons (Fsp3) is 0.478. The van der Waals surface area contributed by atoms with Gasteiger partial charge in [0.2, 0.25) is 5.91 Å². The fourth-order valence-corrected chi connectivity index (χ4v) is 4.48. The van der Waals surface area contributed by atoms with E-state index in [1.807, 2.05) is 30.0 Å². The van der Waals surface area contributed by atoms with Gasteiger partial charge in [0, 0.05) is 23.8 Å². The summed E-state index contributed by atoms with van der Waals surface area (Å²) >= 11 is 0. The molecule has 1 aromatic carbocycles. The predicted molar refractivity (Wildman–Crippen MR) is 112 cm³/mol. The monoisotopic (exact) mass is 395 g/mol. The van der Waals surface area contributed by atoms with E-state index >= 15 is 0 Å². The molecule has 29 heavy (non-hydrogen) atoms. The number of furan rings is 1. The highest BCUT2D eigenvalue weighted by Gasteiger charge is 2.32. The van der Waals surface area contributed by atoms with Crippen LogP contribution in [0.5, 0.6) is 0 Å². The molecule has 1 N–H and O–H groups in total. The molecule has 0 spiro atoms. The Labute approximate surface area is 171 Å². The number of anilines is 1. The largest absolute Gasteiger partial charge is 0.459 e. The maximum Gasteiger partial charge on any atom is 0.287 e. The summed E-state index contributed by atoms with van der Waals surface area (Å²) in [4.78, 5) is 29.4. The minimum Gasteiger partial charge on any atom is -0.459 e. The first-order valence-corrected chi connectivity index (χ1v) is 10.5. The minimum absolute atomic E-state index is 0.146. The van der Waals surface area contributed by atoms with Crippen molar-refractivity contribution in [1.82, 2.24) is 10.2 Å². The number of nitrogens with zero attached hydrogens (tertiary/aromatic N) is 2. The molecule has 0 radical (unpaired) electrons. The van der Waals surface area contributed by atoms with Crippen molar-refractivity contribution in [2.75, 3.05) is 31.1 Å². The maximum absolute atomic E-state index is 13.0. The topological polar surface area (TPSA) is 65.8 Å². The highest BCUT2D eigenvalue weighted by molar-refractivity contribution is 5.97. The van der Waals surface area contributed by atoms with E-state index in [0.717, 1.165) is 43.6 Å². The Kier molecular flexibility index (Phi) is 5.72. The molecule has 2 aromatic rings. The number of likely N-dealkylation sites (tertiary alicyclic amines) is 1. The lowest BCUT2D eigenvalue weighted by Gasteiger charge is -2.33. The number of carbonyl (C=O) groups excluding carboxylic acids is 2. The zero-order valence-corrected chi connectivity index (χ0v) is 17.2. The van der Waals surface area contributed by atoms with Crippen molar-refractivity contribution >= 4 is 17.5 Å². The van der Waals surface area contributed by atoms with Crippen molar-refractivity contribution in [3.63, 3.8) is 0 Å². The van der Waals surface area contributed by atoms with Gasteiger partial charge in [-0.1, -0.05) is 18.2 Å². The summed E-state index contributed by atoms with van der Waals surface area (Å²) in [5.74, 6) is 0.870. The Balaban J connectivity index is 1.24. The minimum atomic E-state index is -0.146. The number of hydrogen-bond donors (Lipinski definition) is 1. The number of amides is 2. The molecule has 0 aliphatic carbocycles. The van der Waals surface area contributed by atoms with Gasteiger partial charge in [0.05, 0.1) is 12.8 Å². The molecule has 2 aliphatic heterocycles. The maximum atomic E-state index is 13.0. The van der Waals surface area contributed by atoms with Gasteiger partial charge in [-0.2, -0.15) is 0 Å². The molecule has 0 bridgehead atoms. The average molecular weight is 396 g/mol.